The molecule has 0 saturated carbocycles. The number of carbonyl (C=O) groups is 2. The summed E-state index contributed by atoms with van der Waals surface area (Å²) in [6.45, 7) is 0. The Morgan fingerprint density at radius 3 is 2.30 bits per heavy atom. The standard InChI is InChI=1S/C16H13BO6/c18-15(19)13(11-7-3-1-4-8-11)21-17-22-14(16(20)23-17)12-9-5-2-6-10-12/h1-10,13-14H,(H,18,19). The molecular formula is C16H13BO6. The van der Waals surface area contributed by atoms with Crippen LogP contribution in [0.15, 0.2) is 60.7 Å². The number of benzene rings is 2. The third-order valence-electron chi connectivity index (χ3n) is 3.35. The van der Waals surface area contributed by atoms with Crippen LogP contribution in [-0.4, -0.2) is 24.4 Å². The van der Waals surface area contributed by atoms with Gasteiger partial charge in [0.2, 0.25) is 0 Å². The Kier molecular flexibility index (Phi) is 4.41. The second kappa shape index (κ2) is 6.64. The van der Waals surface area contributed by atoms with Crippen molar-refractivity contribution in [3.8, 4) is 0 Å². The van der Waals surface area contributed by atoms with E-state index in [1.54, 1.807) is 54.6 Å². The molecule has 0 amide bonds. The molecule has 1 aliphatic heterocycles. The van der Waals surface area contributed by atoms with E-state index in [1.165, 1.54) is 0 Å². The summed E-state index contributed by atoms with van der Waals surface area (Å²) in [6, 6.07) is 17.2. The quantitative estimate of drug-likeness (QED) is 0.852. The van der Waals surface area contributed by atoms with Crippen LogP contribution in [0.5, 0.6) is 0 Å². The minimum Gasteiger partial charge on any atom is -0.483 e. The molecule has 1 heterocycles. The molecular weight excluding hydrogens is 299 g/mol. The Hall–Kier alpha value is -2.64. The van der Waals surface area contributed by atoms with E-state index in [4.69, 9.17) is 14.0 Å². The second-order valence-electron chi connectivity index (χ2n) is 4.92. The van der Waals surface area contributed by atoms with Crippen LogP contribution in [0.1, 0.15) is 23.3 Å². The van der Waals surface area contributed by atoms with Gasteiger partial charge in [0.1, 0.15) is 0 Å². The van der Waals surface area contributed by atoms with Crippen LogP contribution in [-0.2, 0) is 23.6 Å². The number of hydrogen-bond donors (Lipinski definition) is 1. The minimum atomic E-state index is -1.37. The molecule has 1 N–H and O–H groups in total. The SMILES string of the molecule is O=C(O)C(OB1OC(=O)C(c2ccccc2)O1)c1ccccc1. The Labute approximate surface area is 132 Å². The monoisotopic (exact) mass is 312 g/mol. The van der Waals surface area contributed by atoms with Crippen molar-refractivity contribution in [1.29, 1.82) is 0 Å². The van der Waals surface area contributed by atoms with Gasteiger partial charge in [-0.3, -0.25) is 4.79 Å². The average Bonchev–Trinajstić information content (AvgIpc) is 2.94. The largest absolute Gasteiger partial charge is 0.717 e. The maximum atomic E-state index is 11.9. The highest BCUT2D eigenvalue weighted by molar-refractivity contribution is 6.42. The van der Waals surface area contributed by atoms with Crippen LogP contribution >= 0.6 is 0 Å². The van der Waals surface area contributed by atoms with Gasteiger partial charge in [-0.1, -0.05) is 60.7 Å². The number of aliphatic carboxylic acids is 1. The number of carboxylic acid groups (broad SMARTS) is 1. The Balaban J connectivity index is 1.73. The van der Waals surface area contributed by atoms with Gasteiger partial charge in [-0.05, 0) is 11.1 Å². The Morgan fingerprint density at radius 2 is 1.70 bits per heavy atom. The van der Waals surface area contributed by atoms with Crippen molar-refractivity contribution in [2.45, 2.75) is 12.2 Å². The molecule has 116 valence electrons. The Morgan fingerprint density at radius 1 is 1.09 bits per heavy atom. The van der Waals surface area contributed by atoms with Gasteiger partial charge >= 0.3 is 19.3 Å². The fraction of sp³-hybridized carbons (Fsp3) is 0.125. The number of rotatable bonds is 5. The predicted octanol–water partition coefficient (Wildman–Crippen LogP) is 2.13. The number of carbonyl (C=O) groups excluding carboxylic acids is 1. The predicted molar refractivity (Wildman–Crippen MR) is 80.0 cm³/mol. The smallest absolute Gasteiger partial charge is 0.483 e. The highest BCUT2D eigenvalue weighted by Gasteiger charge is 2.46. The van der Waals surface area contributed by atoms with E-state index in [0.29, 0.717) is 11.1 Å². The normalized spacial score (nSPS) is 18.5. The van der Waals surface area contributed by atoms with Crippen molar-refractivity contribution in [2.75, 3.05) is 0 Å². The summed E-state index contributed by atoms with van der Waals surface area (Å²) < 4.78 is 15.7. The molecule has 7 heteroatoms. The van der Waals surface area contributed by atoms with Gasteiger partial charge < -0.3 is 19.1 Å². The fourth-order valence-corrected chi connectivity index (χ4v) is 2.27. The van der Waals surface area contributed by atoms with Gasteiger partial charge in [0, 0.05) is 0 Å². The van der Waals surface area contributed by atoms with E-state index in [1.807, 2.05) is 6.07 Å². The highest BCUT2D eigenvalue weighted by Crippen LogP contribution is 2.29. The summed E-state index contributed by atoms with van der Waals surface area (Å²) in [6.07, 6.45) is -2.21. The summed E-state index contributed by atoms with van der Waals surface area (Å²) in [4.78, 5) is 23.3. The molecule has 2 atom stereocenters. The molecule has 6 nitrogen and oxygen atoms in total. The third kappa shape index (κ3) is 3.41. The number of hydrogen-bond acceptors (Lipinski definition) is 5. The lowest BCUT2D eigenvalue weighted by molar-refractivity contribution is -0.147. The molecule has 1 aliphatic rings. The molecule has 1 fully saturated rings. The van der Waals surface area contributed by atoms with Gasteiger partial charge in [-0.2, -0.15) is 0 Å². The first-order valence-corrected chi connectivity index (χ1v) is 6.99. The van der Waals surface area contributed by atoms with Gasteiger partial charge in [-0.25, -0.2) is 4.79 Å². The molecule has 0 bridgehead atoms. The lowest BCUT2D eigenvalue weighted by atomic mass is 10.1. The first kappa shape index (κ1) is 15.3. The van der Waals surface area contributed by atoms with Crippen molar-refractivity contribution < 1.29 is 28.7 Å². The van der Waals surface area contributed by atoms with Crippen LogP contribution in [0.3, 0.4) is 0 Å². The zero-order valence-corrected chi connectivity index (χ0v) is 12.0. The third-order valence-corrected chi connectivity index (χ3v) is 3.35. The van der Waals surface area contributed by atoms with Crippen molar-refractivity contribution in [2.24, 2.45) is 0 Å². The van der Waals surface area contributed by atoms with Crippen LogP contribution in [0.2, 0.25) is 0 Å². The van der Waals surface area contributed by atoms with E-state index in [2.05, 4.69) is 0 Å². The minimum absolute atomic E-state index is 0.433. The van der Waals surface area contributed by atoms with Crippen molar-refractivity contribution in [3.05, 3.63) is 71.8 Å². The molecule has 0 radical (unpaired) electrons. The zero-order valence-electron chi connectivity index (χ0n) is 12.0. The van der Waals surface area contributed by atoms with Crippen molar-refractivity contribution in [1.82, 2.24) is 0 Å². The molecule has 2 unspecified atom stereocenters. The summed E-state index contributed by atoms with van der Waals surface area (Å²) in [5.74, 6) is -1.81. The number of carboxylic acids is 1. The molecule has 0 aliphatic carbocycles. The van der Waals surface area contributed by atoms with Crippen molar-refractivity contribution in [3.63, 3.8) is 0 Å². The maximum Gasteiger partial charge on any atom is 0.717 e. The molecule has 0 aromatic heterocycles. The molecule has 0 spiro atoms. The average molecular weight is 312 g/mol. The van der Waals surface area contributed by atoms with Crippen LogP contribution in [0.25, 0.3) is 0 Å². The van der Waals surface area contributed by atoms with Gasteiger partial charge in [-0.15, -0.1) is 0 Å². The lowest BCUT2D eigenvalue weighted by Gasteiger charge is -2.14. The van der Waals surface area contributed by atoms with E-state index in [-0.39, 0.29) is 0 Å². The fourth-order valence-electron chi connectivity index (χ4n) is 2.27. The van der Waals surface area contributed by atoms with E-state index < -0.39 is 31.5 Å². The molecule has 1 saturated heterocycles. The van der Waals surface area contributed by atoms with E-state index in [9.17, 15) is 14.7 Å². The van der Waals surface area contributed by atoms with Crippen molar-refractivity contribution >= 4 is 19.3 Å². The second-order valence-corrected chi connectivity index (χ2v) is 4.92. The van der Waals surface area contributed by atoms with Gasteiger partial charge in [0.25, 0.3) is 0 Å². The highest BCUT2D eigenvalue weighted by atomic mass is 16.8. The molecule has 2 aromatic carbocycles. The van der Waals surface area contributed by atoms with E-state index in [0.717, 1.165) is 0 Å². The topological polar surface area (TPSA) is 82.1 Å². The van der Waals surface area contributed by atoms with Gasteiger partial charge in [0.15, 0.2) is 12.2 Å². The maximum absolute atomic E-state index is 11.9. The van der Waals surface area contributed by atoms with Crippen LogP contribution < -0.4 is 0 Å². The summed E-state index contributed by atoms with van der Waals surface area (Å²) >= 11 is 0. The van der Waals surface area contributed by atoms with E-state index >= 15 is 0 Å². The summed E-state index contributed by atoms with van der Waals surface area (Å²) in [5, 5.41) is 9.31. The lowest BCUT2D eigenvalue weighted by Crippen LogP contribution is -2.27. The summed E-state index contributed by atoms with van der Waals surface area (Å²) in [5.41, 5.74) is 1.05. The van der Waals surface area contributed by atoms with Crippen LogP contribution in [0, 0.1) is 0 Å². The molecule has 3 rings (SSSR count). The van der Waals surface area contributed by atoms with Crippen LogP contribution in [0.4, 0.5) is 0 Å². The molecule has 23 heavy (non-hydrogen) atoms. The molecule has 2 aromatic rings. The zero-order chi connectivity index (χ0) is 16.2. The first-order chi connectivity index (χ1) is 11.1. The van der Waals surface area contributed by atoms with Gasteiger partial charge in [0.05, 0.1) is 0 Å². The summed E-state index contributed by atoms with van der Waals surface area (Å²) in [7, 11) is -1.37. The first-order valence-electron chi connectivity index (χ1n) is 6.99. The Bertz CT molecular complexity index is 690.